The van der Waals surface area contributed by atoms with Gasteiger partial charge in [-0.05, 0) is 18.8 Å². The van der Waals surface area contributed by atoms with Crippen LogP contribution in [0.4, 0.5) is 0 Å². The molecule has 0 spiro atoms. The van der Waals surface area contributed by atoms with Crippen LogP contribution in [0.15, 0.2) is 0 Å². The van der Waals surface area contributed by atoms with E-state index in [-0.39, 0.29) is 6.10 Å². The number of hydrogen-bond donors (Lipinski definition) is 0. The average molecular weight is 196 g/mol. The molecule has 1 rings (SSSR count). The topological polar surface area (TPSA) is 35.5 Å². The Kier molecular flexibility index (Phi) is 4.12. The van der Waals surface area contributed by atoms with Gasteiger partial charge in [-0.2, -0.15) is 0 Å². The van der Waals surface area contributed by atoms with Crippen LogP contribution in [-0.2, 0) is 14.3 Å². The van der Waals surface area contributed by atoms with Crippen LogP contribution >= 0.6 is 0 Å². The fraction of sp³-hybridized carbons (Fsp3) is 0.727. The average Bonchev–Trinajstić information content (AvgIpc) is 2.63. The summed E-state index contributed by atoms with van der Waals surface area (Å²) in [5.74, 6) is 4.70. The Hall–Kier alpha value is -0.850. The van der Waals surface area contributed by atoms with Crippen molar-refractivity contribution in [2.45, 2.75) is 45.0 Å². The molecule has 3 heteroatoms. The molecule has 0 radical (unpaired) electrons. The van der Waals surface area contributed by atoms with Crippen LogP contribution in [0.25, 0.3) is 0 Å². The summed E-state index contributed by atoms with van der Waals surface area (Å²) in [6.07, 6.45) is 2.88. The molecule has 0 unspecified atom stereocenters. The standard InChI is InChI=1S/C11H16O3/c1-3-11(4-2)13-9-10(14-11)7-5-6-8-12/h8,10H,3-4,7,9H2,1-2H3/t10-/m1/s1. The molecule has 3 nitrogen and oxygen atoms in total. The first-order valence-corrected chi connectivity index (χ1v) is 5.00. The van der Waals surface area contributed by atoms with Crippen LogP contribution in [0.3, 0.4) is 0 Å². The second-order valence-electron chi connectivity index (χ2n) is 3.31. The Morgan fingerprint density at radius 3 is 2.71 bits per heavy atom. The van der Waals surface area contributed by atoms with Gasteiger partial charge in [0, 0.05) is 6.42 Å². The maximum Gasteiger partial charge on any atom is 0.192 e. The van der Waals surface area contributed by atoms with E-state index in [0.29, 0.717) is 19.3 Å². The van der Waals surface area contributed by atoms with Crippen LogP contribution in [-0.4, -0.2) is 24.8 Å². The van der Waals surface area contributed by atoms with Gasteiger partial charge in [0.2, 0.25) is 0 Å². The lowest BCUT2D eigenvalue weighted by Crippen LogP contribution is -2.28. The quantitative estimate of drug-likeness (QED) is 0.507. The molecular weight excluding hydrogens is 180 g/mol. The van der Waals surface area contributed by atoms with Crippen molar-refractivity contribution in [1.82, 2.24) is 0 Å². The minimum atomic E-state index is -0.409. The van der Waals surface area contributed by atoms with Crippen molar-refractivity contribution in [3.05, 3.63) is 0 Å². The molecule has 1 aliphatic rings. The van der Waals surface area contributed by atoms with Crippen molar-refractivity contribution in [3.63, 3.8) is 0 Å². The lowest BCUT2D eigenvalue weighted by atomic mass is 10.1. The third-order valence-electron chi connectivity index (χ3n) is 2.48. The van der Waals surface area contributed by atoms with Gasteiger partial charge in [-0.15, -0.1) is 0 Å². The molecule has 0 N–H and O–H groups in total. The Morgan fingerprint density at radius 2 is 2.21 bits per heavy atom. The van der Waals surface area contributed by atoms with E-state index in [4.69, 9.17) is 9.47 Å². The first kappa shape index (κ1) is 11.2. The number of carbonyl (C=O) groups is 1. The van der Waals surface area contributed by atoms with E-state index < -0.39 is 5.79 Å². The van der Waals surface area contributed by atoms with E-state index in [1.54, 1.807) is 0 Å². The van der Waals surface area contributed by atoms with Crippen molar-refractivity contribution in [2.75, 3.05) is 6.61 Å². The largest absolute Gasteiger partial charge is 0.347 e. The highest BCUT2D eigenvalue weighted by Gasteiger charge is 2.37. The Morgan fingerprint density at radius 1 is 1.50 bits per heavy atom. The lowest BCUT2D eigenvalue weighted by molar-refractivity contribution is -0.171. The van der Waals surface area contributed by atoms with Gasteiger partial charge in [0.05, 0.1) is 12.7 Å². The number of aldehydes is 1. The molecule has 0 aromatic rings. The summed E-state index contributed by atoms with van der Waals surface area (Å²) in [5, 5.41) is 0. The van der Waals surface area contributed by atoms with Crippen LogP contribution in [0.5, 0.6) is 0 Å². The zero-order chi connectivity index (χ0) is 10.4. The highest BCUT2D eigenvalue weighted by Crippen LogP contribution is 2.30. The normalized spacial score (nSPS) is 24.0. The van der Waals surface area contributed by atoms with E-state index in [1.807, 2.05) is 13.8 Å². The van der Waals surface area contributed by atoms with Gasteiger partial charge < -0.3 is 9.47 Å². The van der Waals surface area contributed by atoms with Crippen LogP contribution < -0.4 is 0 Å². The molecule has 0 aromatic heterocycles. The Labute approximate surface area is 84.8 Å². The van der Waals surface area contributed by atoms with Crippen molar-refractivity contribution in [1.29, 1.82) is 0 Å². The van der Waals surface area contributed by atoms with Gasteiger partial charge in [0.1, 0.15) is 0 Å². The summed E-state index contributed by atoms with van der Waals surface area (Å²) in [7, 11) is 0. The third kappa shape index (κ3) is 2.57. The number of ether oxygens (including phenoxy) is 2. The summed E-state index contributed by atoms with van der Waals surface area (Å²) in [4.78, 5) is 9.97. The van der Waals surface area contributed by atoms with E-state index in [1.165, 1.54) is 0 Å². The molecule has 1 atom stereocenters. The lowest BCUT2D eigenvalue weighted by Gasteiger charge is -2.24. The Bertz CT molecular complexity index is 245. The van der Waals surface area contributed by atoms with E-state index in [2.05, 4.69) is 11.8 Å². The molecule has 0 amide bonds. The number of carbonyl (C=O) groups excluding carboxylic acids is 1. The van der Waals surface area contributed by atoms with Crippen LogP contribution in [0.2, 0.25) is 0 Å². The Balaban J connectivity index is 2.43. The molecule has 1 heterocycles. The molecule has 0 saturated carbocycles. The van der Waals surface area contributed by atoms with Gasteiger partial charge in [0.25, 0.3) is 0 Å². The predicted molar refractivity (Wildman–Crippen MR) is 52.6 cm³/mol. The molecule has 0 bridgehead atoms. The molecule has 78 valence electrons. The highest BCUT2D eigenvalue weighted by molar-refractivity contribution is 5.72. The van der Waals surface area contributed by atoms with Gasteiger partial charge in [-0.3, -0.25) is 4.79 Å². The molecular formula is C11H16O3. The van der Waals surface area contributed by atoms with E-state index in [9.17, 15) is 4.79 Å². The maximum absolute atomic E-state index is 9.97. The molecule has 1 saturated heterocycles. The van der Waals surface area contributed by atoms with Crippen LogP contribution in [0, 0.1) is 11.8 Å². The van der Waals surface area contributed by atoms with Crippen molar-refractivity contribution < 1.29 is 14.3 Å². The number of rotatable bonds is 3. The molecule has 0 aromatic carbocycles. The third-order valence-corrected chi connectivity index (χ3v) is 2.48. The fourth-order valence-electron chi connectivity index (χ4n) is 1.55. The zero-order valence-corrected chi connectivity index (χ0v) is 8.71. The predicted octanol–water partition coefficient (Wildman–Crippen LogP) is 1.51. The maximum atomic E-state index is 9.97. The van der Waals surface area contributed by atoms with Crippen LogP contribution in [0.1, 0.15) is 33.1 Å². The highest BCUT2D eigenvalue weighted by atomic mass is 16.7. The molecule has 0 aliphatic carbocycles. The van der Waals surface area contributed by atoms with Gasteiger partial charge in [-0.1, -0.05) is 19.8 Å². The summed E-state index contributed by atoms with van der Waals surface area (Å²) < 4.78 is 11.4. The zero-order valence-electron chi connectivity index (χ0n) is 8.71. The summed E-state index contributed by atoms with van der Waals surface area (Å²) in [6.45, 7) is 4.67. The van der Waals surface area contributed by atoms with Crippen molar-refractivity contribution in [3.8, 4) is 11.8 Å². The minimum Gasteiger partial charge on any atom is -0.347 e. The van der Waals surface area contributed by atoms with E-state index in [0.717, 1.165) is 12.8 Å². The van der Waals surface area contributed by atoms with Crippen molar-refractivity contribution in [2.24, 2.45) is 0 Å². The second kappa shape index (κ2) is 5.14. The first-order valence-electron chi connectivity index (χ1n) is 5.00. The second-order valence-corrected chi connectivity index (χ2v) is 3.31. The summed E-state index contributed by atoms with van der Waals surface area (Å²) >= 11 is 0. The van der Waals surface area contributed by atoms with Gasteiger partial charge in [0.15, 0.2) is 12.1 Å². The summed E-state index contributed by atoms with van der Waals surface area (Å²) in [6, 6.07) is 0. The van der Waals surface area contributed by atoms with E-state index >= 15 is 0 Å². The number of hydrogen-bond acceptors (Lipinski definition) is 3. The first-order chi connectivity index (χ1) is 6.76. The smallest absolute Gasteiger partial charge is 0.192 e. The van der Waals surface area contributed by atoms with Crippen molar-refractivity contribution >= 4 is 6.29 Å². The molecule has 1 aliphatic heterocycles. The summed E-state index contributed by atoms with van der Waals surface area (Å²) in [5.41, 5.74) is 0. The SMILES string of the molecule is CCC1(CC)OC[C@@H](CC#CC=O)O1. The van der Waals surface area contributed by atoms with Gasteiger partial charge >= 0.3 is 0 Å². The molecule has 1 fully saturated rings. The minimum absolute atomic E-state index is 0.0161. The monoisotopic (exact) mass is 196 g/mol. The van der Waals surface area contributed by atoms with Gasteiger partial charge in [-0.25, -0.2) is 0 Å². The molecule has 14 heavy (non-hydrogen) atoms. The fourth-order valence-corrected chi connectivity index (χ4v) is 1.55.